The number of aromatic nitrogens is 4. The number of halogens is 3. The zero-order valence-electron chi connectivity index (χ0n) is 17.4. The van der Waals surface area contributed by atoms with E-state index in [1.807, 2.05) is 35.2 Å². The quantitative estimate of drug-likeness (QED) is 0.420. The number of amides is 1. The minimum absolute atomic E-state index is 0.0556. The molecule has 0 saturated heterocycles. The maximum Gasteiger partial charge on any atom is 0.410 e. The third-order valence-corrected chi connectivity index (χ3v) is 6.58. The van der Waals surface area contributed by atoms with E-state index in [0.717, 1.165) is 21.1 Å². The van der Waals surface area contributed by atoms with Crippen molar-refractivity contribution >= 4 is 28.7 Å². The fourth-order valence-corrected chi connectivity index (χ4v) is 4.75. The summed E-state index contributed by atoms with van der Waals surface area (Å²) in [6, 6.07) is 8.28. The Bertz CT molecular complexity index is 1280. The van der Waals surface area contributed by atoms with E-state index in [9.17, 15) is 18.0 Å². The van der Waals surface area contributed by atoms with Gasteiger partial charge in [-0.1, -0.05) is 6.07 Å². The van der Waals surface area contributed by atoms with Crippen LogP contribution in [0.4, 0.5) is 24.7 Å². The number of rotatable bonds is 4. The lowest BCUT2D eigenvalue weighted by Gasteiger charge is -2.33. The summed E-state index contributed by atoms with van der Waals surface area (Å²) in [6.45, 7) is 1.88. The van der Waals surface area contributed by atoms with Gasteiger partial charge in [0.1, 0.15) is 17.2 Å². The minimum atomic E-state index is -4.49. The fraction of sp³-hybridized carbons (Fsp3) is 0.227. The van der Waals surface area contributed by atoms with Crippen LogP contribution >= 0.6 is 11.3 Å². The van der Waals surface area contributed by atoms with Crippen molar-refractivity contribution < 1.29 is 18.0 Å². The molecule has 0 aliphatic carbocycles. The molecule has 33 heavy (non-hydrogen) atoms. The van der Waals surface area contributed by atoms with Crippen molar-refractivity contribution in [2.45, 2.75) is 31.6 Å². The fourth-order valence-electron chi connectivity index (χ4n) is 3.96. The van der Waals surface area contributed by atoms with Gasteiger partial charge >= 0.3 is 6.18 Å². The number of alkyl halides is 3. The minimum Gasteiger partial charge on any atom is -0.362 e. The topological polar surface area (TPSA) is 76.8 Å². The van der Waals surface area contributed by atoms with Crippen molar-refractivity contribution in [2.75, 3.05) is 10.6 Å². The lowest BCUT2D eigenvalue weighted by atomic mass is 10.0. The second kappa shape index (κ2) is 8.07. The zero-order chi connectivity index (χ0) is 23.2. The molecule has 0 radical (unpaired) electrons. The Kier molecular flexibility index (Phi) is 5.20. The Morgan fingerprint density at radius 3 is 2.67 bits per heavy atom. The highest BCUT2D eigenvalue weighted by atomic mass is 32.1. The molecule has 0 saturated carbocycles. The number of carbonyl (C=O) groups is 1. The van der Waals surface area contributed by atoms with E-state index in [1.54, 1.807) is 30.5 Å². The summed E-state index contributed by atoms with van der Waals surface area (Å²) < 4.78 is 44.1. The molecule has 0 spiro atoms. The first-order valence-electron chi connectivity index (χ1n) is 10.2. The van der Waals surface area contributed by atoms with Gasteiger partial charge in [-0.2, -0.15) is 18.3 Å². The second-order valence-corrected chi connectivity index (χ2v) is 8.68. The molecule has 2 atom stereocenters. The number of imidazole rings is 1. The first kappa shape index (κ1) is 21.3. The van der Waals surface area contributed by atoms with Crippen molar-refractivity contribution in [3.63, 3.8) is 0 Å². The van der Waals surface area contributed by atoms with Gasteiger partial charge in [0, 0.05) is 35.1 Å². The number of thiophene rings is 1. The van der Waals surface area contributed by atoms with Gasteiger partial charge in [0.2, 0.25) is 0 Å². The zero-order valence-corrected chi connectivity index (χ0v) is 18.2. The summed E-state index contributed by atoms with van der Waals surface area (Å²) in [5.74, 6) is 0.345. The SMILES string of the molecule is Cc1nccn1-c1ccc(NC(=O)c2cnn3c2NC(c2cccs2)CC3C(F)(F)F)cc1. The van der Waals surface area contributed by atoms with Crippen LogP contribution in [0.5, 0.6) is 0 Å². The predicted octanol–water partition coefficient (Wildman–Crippen LogP) is 5.35. The van der Waals surface area contributed by atoms with Crippen LogP contribution in [0.2, 0.25) is 0 Å². The third-order valence-electron chi connectivity index (χ3n) is 5.60. The monoisotopic (exact) mass is 472 g/mol. The second-order valence-electron chi connectivity index (χ2n) is 7.70. The Labute approximate surface area is 190 Å². The molecule has 1 amide bonds. The van der Waals surface area contributed by atoms with E-state index in [1.165, 1.54) is 17.5 Å². The number of anilines is 2. The van der Waals surface area contributed by atoms with Crippen molar-refractivity contribution in [1.29, 1.82) is 0 Å². The number of carbonyl (C=O) groups excluding carboxylic acids is 1. The maximum atomic E-state index is 13.8. The average molecular weight is 472 g/mol. The van der Waals surface area contributed by atoms with Crippen molar-refractivity contribution in [2.24, 2.45) is 0 Å². The number of hydrogen-bond acceptors (Lipinski definition) is 5. The van der Waals surface area contributed by atoms with Crippen molar-refractivity contribution in [3.8, 4) is 5.69 Å². The van der Waals surface area contributed by atoms with Crippen LogP contribution < -0.4 is 10.6 Å². The maximum absolute atomic E-state index is 13.8. The number of benzene rings is 1. The molecule has 170 valence electrons. The van der Waals surface area contributed by atoms with Gasteiger partial charge in [-0.3, -0.25) is 4.79 Å². The van der Waals surface area contributed by atoms with Crippen LogP contribution in [0, 0.1) is 6.92 Å². The van der Waals surface area contributed by atoms with Crippen LogP contribution in [0.25, 0.3) is 5.69 Å². The average Bonchev–Trinajstić information content (AvgIpc) is 3.53. The molecule has 1 aliphatic rings. The van der Waals surface area contributed by atoms with E-state index in [0.29, 0.717) is 5.69 Å². The number of fused-ring (bicyclic) bond motifs is 1. The highest BCUT2D eigenvalue weighted by molar-refractivity contribution is 7.10. The Morgan fingerprint density at radius 2 is 2.03 bits per heavy atom. The van der Waals surface area contributed by atoms with Crippen LogP contribution in [0.1, 0.15) is 39.6 Å². The van der Waals surface area contributed by atoms with Crippen LogP contribution in [0.3, 0.4) is 0 Å². The normalized spacial score (nSPS) is 17.9. The first-order valence-corrected chi connectivity index (χ1v) is 11.0. The highest BCUT2D eigenvalue weighted by Crippen LogP contribution is 2.45. The lowest BCUT2D eigenvalue weighted by Crippen LogP contribution is -2.36. The molecular formula is C22H19F3N6OS. The van der Waals surface area contributed by atoms with Gasteiger partial charge in [0.05, 0.1) is 12.2 Å². The summed E-state index contributed by atoms with van der Waals surface area (Å²) in [5, 5.41) is 11.6. The number of nitrogens with zero attached hydrogens (tertiary/aromatic N) is 4. The van der Waals surface area contributed by atoms with Crippen molar-refractivity contribution in [1.82, 2.24) is 19.3 Å². The first-order chi connectivity index (χ1) is 15.8. The molecule has 4 aromatic rings. The summed E-state index contributed by atoms with van der Waals surface area (Å²) in [5.41, 5.74) is 1.44. The summed E-state index contributed by atoms with van der Waals surface area (Å²) in [7, 11) is 0. The van der Waals surface area contributed by atoms with E-state index in [4.69, 9.17) is 0 Å². The standard InChI is InChI=1S/C22H19F3N6OS/c1-13-26-8-9-30(13)15-6-4-14(5-7-15)28-21(32)16-12-27-31-19(22(23,24)25)11-17(29-20(16)31)18-3-2-10-33-18/h2-10,12,17,19,29H,11H2,1H3,(H,28,32). The molecule has 11 heteroatoms. The molecule has 2 unspecified atom stereocenters. The molecule has 0 bridgehead atoms. The lowest BCUT2D eigenvalue weighted by molar-refractivity contribution is -0.173. The van der Waals surface area contributed by atoms with Gasteiger partial charge < -0.3 is 15.2 Å². The van der Waals surface area contributed by atoms with E-state index in [-0.39, 0.29) is 17.8 Å². The Morgan fingerprint density at radius 1 is 1.24 bits per heavy atom. The van der Waals surface area contributed by atoms with Crippen LogP contribution in [0.15, 0.2) is 60.4 Å². The Hall–Kier alpha value is -3.60. The number of nitrogens with one attached hydrogen (secondary N) is 2. The van der Waals surface area contributed by atoms with Gasteiger partial charge in [-0.05, 0) is 42.6 Å². The van der Waals surface area contributed by atoms with Gasteiger partial charge in [0.25, 0.3) is 5.91 Å². The van der Waals surface area contributed by atoms with E-state index in [2.05, 4.69) is 20.7 Å². The smallest absolute Gasteiger partial charge is 0.362 e. The molecular weight excluding hydrogens is 453 g/mol. The molecule has 3 aromatic heterocycles. The summed E-state index contributed by atoms with van der Waals surface area (Å²) in [6.07, 6.45) is 0.00639. The van der Waals surface area contributed by atoms with E-state index < -0.39 is 24.2 Å². The number of hydrogen-bond donors (Lipinski definition) is 2. The van der Waals surface area contributed by atoms with Crippen LogP contribution in [-0.4, -0.2) is 31.4 Å². The molecule has 5 rings (SSSR count). The van der Waals surface area contributed by atoms with Crippen molar-refractivity contribution in [3.05, 3.63) is 76.6 Å². The van der Waals surface area contributed by atoms with Gasteiger partial charge in [-0.25, -0.2) is 9.67 Å². The number of aryl methyl sites for hydroxylation is 1. The summed E-state index contributed by atoms with van der Waals surface area (Å²) in [4.78, 5) is 17.9. The molecule has 0 fully saturated rings. The predicted molar refractivity (Wildman–Crippen MR) is 119 cm³/mol. The van der Waals surface area contributed by atoms with Crippen LogP contribution in [-0.2, 0) is 0 Å². The van der Waals surface area contributed by atoms with Gasteiger partial charge in [-0.15, -0.1) is 11.3 Å². The van der Waals surface area contributed by atoms with Gasteiger partial charge in [0.15, 0.2) is 6.04 Å². The highest BCUT2D eigenvalue weighted by Gasteiger charge is 2.47. The van der Waals surface area contributed by atoms with E-state index >= 15 is 0 Å². The molecule has 2 N–H and O–H groups in total. The largest absolute Gasteiger partial charge is 0.410 e. The molecule has 7 nitrogen and oxygen atoms in total. The summed E-state index contributed by atoms with van der Waals surface area (Å²) >= 11 is 1.37. The molecule has 1 aliphatic heterocycles. The Balaban J connectivity index is 1.41. The molecule has 4 heterocycles. The molecule has 1 aromatic carbocycles. The third kappa shape index (κ3) is 3.99.